The van der Waals surface area contributed by atoms with Crippen LogP contribution in [0.25, 0.3) is 0 Å². The van der Waals surface area contributed by atoms with Gasteiger partial charge >= 0.3 is 6.03 Å². The molecule has 0 atom stereocenters. The van der Waals surface area contributed by atoms with Crippen molar-refractivity contribution < 1.29 is 9.59 Å². The molecule has 0 saturated carbocycles. The first kappa shape index (κ1) is 26.7. The van der Waals surface area contributed by atoms with Crippen molar-refractivity contribution in [2.75, 3.05) is 32.5 Å². The van der Waals surface area contributed by atoms with Gasteiger partial charge in [-0.1, -0.05) is 41.9 Å². The van der Waals surface area contributed by atoms with Gasteiger partial charge in [0.05, 0.1) is 6.54 Å². The van der Waals surface area contributed by atoms with Crippen LogP contribution < -0.4 is 5.32 Å². The number of nitrogens with one attached hydrogen (secondary N) is 1. The molecule has 2 aromatic carbocycles. The molecule has 0 aliphatic heterocycles. The van der Waals surface area contributed by atoms with Gasteiger partial charge in [-0.05, 0) is 57.8 Å². The minimum absolute atomic E-state index is 0.0555. The molecule has 1 N–H and O–H groups in total. The summed E-state index contributed by atoms with van der Waals surface area (Å²) >= 11 is 7.32. The van der Waals surface area contributed by atoms with Crippen LogP contribution in [0.4, 0.5) is 10.5 Å². The van der Waals surface area contributed by atoms with E-state index in [1.54, 1.807) is 34.5 Å². The first-order valence-corrected chi connectivity index (χ1v) is 12.7. The maximum atomic E-state index is 13.3. The summed E-state index contributed by atoms with van der Waals surface area (Å²) in [5, 5.41) is 5.99. The Morgan fingerprint density at radius 1 is 1.00 bits per heavy atom. The minimum atomic E-state index is -0.234. The molecule has 0 unspecified atom stereocenters. The summed E-state index contributed by atoms with van der Waals surface area (Å²) in [6.45, 7) is 6.07. The van der Waals surface area contributed by atoms with E-state index in [9.17, 15) is 9.59 Å². The van der Waals surface area contributed by atoms with Crippen LogP contribution in [-0.2, 0) is 13.1 Å². The molecule has 0 fully saturated rings. The second-order valence-corrected chi connectivity index (χ2v) is 10.2. The van der Waals surface area contributed by atoms with Gasteiger partial charge in [-0.3, -0.25) is 4.79 Å². The molecule has 0 spiro atoms. The molecule has 186 valence electrons. The van der Waals surface area contributed by atoms with Crippen LogP contribution in [0.15, 0.2) is 60.0 Å². The highest BCUT2D eigenvalue weighted by Crippen LogP contribution is 2.19. The minimum Gasteiger partial charge on any atom is -0.332 e. The first-order valence-electron chi connectivity index (χ1n) is 11.5. The Morgan fingerprint density at radius 2 is 1.69 bits per heavy atom. The van der Waals surface area contributed by atoms with Crippen LogP contribution in [0.1, 0.15) is 34.9 Å². The van der Waals surface area contributed by atoms with Crippen molar-refractivity contribution in [3.63, 3.8) is 0 Å². The normalized spacial score (nSPS) is 11.1. The monoisotopic (exact) mass is 513 g/mol. The number of aromatic nitrogens is 1. The Kier molecular flexibility index (Phi) is 9.65. The van der Waals surface area contributed by atoms with Crippen molar-refractivity contribution in [3.8, 4) is 0 Å². The summed E-state index contributed by atoms with van der Waals surface area (Å²) < 4.78 is 0. The summed E-state index contributed by atoms with van der Waals surface area (Å²) in [6, 6.07) is 16.6. The molecule has 0 aliphatic rings. The zero-order chi connectivity index (χ0) is 25.4. The molecule has 9 heteroatoms. The topological polar surface area (TPSA) is 68.8 Å². The maximum absolute atomic E-state index is 13.3. The van der Waals surface area contributed by atoms with Crippen LogP contribution in [0.3, 0.4) is 0 Å². The van der Waals surface area contributed by atoms with Crippen LogP contribution in [0.5, 0.6) is 0 Å². The van der Waals surface area contributed by atoms with E-state index >= 15 is 0 Å². The van der Waals surface area contributed by atoms with E-state index in [4.69, 9.17) is 11.6 Å². The fourth-order valence-electron chi connectivity index (χ4n) is 3.38. The van der Waals surface area contributed by atoms with Crippen LogP contribution in [0, 0.1) is 0 Å². The van der Waals surface area contributed by atoms with E-state index in [0.29, 0.717) is 41.0 Å². The Balaban J connectivity index is 1.71. The van der Waals surface area contributed by atoms with E-state index in [1.807, 2.05) is 63.2 Å². The van der Waals surface area contributed by atoms with Gasteiger partial charge in [0.2, 0.25) is 0 Å². The zero-order valence-corrected chi connectivity index (χ0v) is 22.1. The Bertz CT molecular complexity index is 1100. The number of halogens is 1. The summed E-state index contributed by atoms with van der Waals surface area (Å²) in [5.74, 6) is -0.111. The van der Waals surface area contributed by atoms with E-state index in [2.05, 4.69) is 15.2 Å². The SMILES string of the molecule is CC(C)N(Cc1nc(C(=O)N(CCN(C)C)Cc2ccccc2)cs1)C(=O)Nc1ccc(Cl)cc1. The molecule has 7 nitrogen and oxygen atoms in total. The van der Waals surface area contributed by atoms with E-state index in [0.717, 1.165) is 12.1 Å². The number of nitrogens with zero attached hydrogens (tertiary/aromatic N) is 4. The molecular formula is C26H32ClN5O2S. The highest BCUT2D eigenvalue weighted by Gasteiger charge is 2.23. The van der Waals surface area contributed by atoms with Gasteiger partial charge in [-0.15, -0.1) is 11.3 Å². The average molecular weight is 514 g/mol. The van der Waals surface area contributed by atoms with Gasteiger partial charge in [0.15, 0.2) is 0 Å². The quantitative estimate of drug-likeness (QED) is 0.392. The standard InChI is InChI=1S/C26H32ClN5O2S/c1-19(2)32(26(34)28-22-12-10-21(27)11-13-22)17-24-29-23(18-35-24)25(33)31(15-14-30(3)4)16-20-8-6-5-7-9-20/h5-13,18-19H,14-17H2,1-4H3,(H,28,34). The summed E-state index contributed by atoms with van der Waals surface area (Å²) in [5.41, 5.74) is 2.14. The predicted molar refractivity (Wildman–Crippen MR) is 143 cm³/mol. The van der Waals surface area contributed by atoms with Crippen molar-refractivity contribution in [2.24, 2.45) is 0 Å². The number of hydrogen-bond donors (Lipinski definition) is 1. The van der Waals surface area contributed by atoms with Crippen LogP contribution in [-0.4, -0.2) is 64.8 Å². The number of urea groups is 1. The molecule has 0 saturated heterocycles. The molecule has 3 aromatic rings. The molecule has 3 amide bonds. The molecule has 0 radical (unpaired) electrons. The number of anilines is 1. The number of likely N-dealkylation sites (N-methyl/N-ethyl adjacent to an activating group) is 1. The number of rotatable bonds is 10. The number of benzene rings is 2. The summed E-state index contributed by atoms with van der Waals surface area (Å²) in [6.07, 6.45) is 0. The molecule has 0 bridgehead atoms. The van der Waals surface area contributed by atoms with Crippen LogP contribution >= 0.6 is 22.9 Å². The molecule has 35 heavy (non-hydrogen) atoms. The fraction of sp³-hybridized carbons (Fsp3) is 0.346. The largest absolute Gasteiger partial charge is 0.332 e. The highest BCUT2D eigenvalue weighted by molar-refractivity contribution is 7.09. The van der Waals surface area contributed by atoms with E-state index in [1.165, 1.54) is 11.3 Å². The average Bonchev–Trinajstić information content (AvgIpc) is 3.30. The lowest BCUT2D eigenvalue weighted by Gasteiger charge is -2.26. The second-order valence-electron chi connectivity index (χ2n) is 8.80. The summed E-state index contributed by atoms with van der Waals surface area (Å²) in [7, 11) is 3.98. The third-order valence-electron chi connectivity index (χ3n) is 5.38. The van der Waals surface area contributed by atoms with Crippen molar-refractivity contribution in [1.29, 1.82) is 0 Å². The predicted octanol–water partition coefficient (Wildman–Crippen LogP) is 5.44. The van der Waals surface area contributed by atoms with Crippen molar-refractivity contribution in [2.45, 2.75) is 33.0 Å². The van der Waals surface area contributed by atoms with E-state index < -0.39 is 0 Å². The fourth-order valence-corrected chi connectivity index (χ4v) is 4.28. The molecule has 1 heterocycles. The van der Waals surface area contributed by atoms with Gasteiger partial charge in [-0.25, -0.2) is 9.78 Å². The summed E-state index contributed by atoms with van der Waals surface area (Å²) in [4.78, 5) is 36.4. The number of thiazole rings is 1. The Morgan fingerprint density at radius 3 is 2.31 bits per heavy atom. The smallest absolute Gasteiger partial charge is 0.322 e. The molecule has 0 aliphatic carbocycles. The lowest BCUT2D eigenvalue weighted by molar-refractivity contribution is 0.0726. The van der Waals surface area contributed by atoms with E-state index in [-0.39, 0.29) is 18.0 Å². The van der Waals surface area contributed by atoms with Gasteiger partial charge in [0.25, 0.3) is 5.91 Å². The lowest BCUT2D eigenvalue weighted by Crippen LogP contribution is -2.39. The number of amides is 3. The first-order chi connectivity index (χ1) is 16.7. The van der Waals surface area contributed by atoms with Gasteiger partial charge in [-0.2, -0.15) is 0 Å². The number of hydrogen-bond acceptors (Lipinski definition) is 5. The van der Waals surface area contributed by atoms with Gasteiger partial charge in [0.1, 0.15) is 10.7 Å². The Labute approximate surface area is 216 Å². The van der Waals surface area contributed by atoms with Crippen molar-refractivity contribution >= 4 is 40.6 Å². The van der Waals surface area contributed by atoms with Crippen LogP contribution in [0.2, 0.25) is 5.02 Å². The third kappa shape index (κ3) is 8.06. The third-order valence-corrected chi connectivity index (χ3v) is 6.46. The van der Waals surface area contributed by atoms with Crippen molar-refractivity contribution in [3.05, 3.63) is 81.3 Å². The maximum Gasteiger partial charge on any atom is 0.322 e. The number of carbonyl (C=O) groups excluding carboxylic acids is 2. The highest BCUT2D eigenvalue weighted by atomic mass is 35.5. The number of carbonyl (C=O) groups is 2. The zero-order valence-electron chi connectivity index (χ0n) is 20.6. The Hall–Kier alpha value is -2.94. The van der Waals surface area contributed by atoms with Gasteiger partial charge in [0, 0.05) is 41.8 Å². The molecule has 3 rings (SSSR count). The molecular weight excluding hydrogens is 482 g/mol. The van der Waals surface area contributed by atoms with Gasteiger partial charge < -0.3 is 20.0 Å². The lowest BCUT2D eigenvalue weighted by atomic mass is 10.2. The second kappa shape index (κ2) is 12.7. The molecule has 1 aromatic heterocycles. The van der Waals surface area contributed by atoms with Crippen molar-refractivity contribution in [1.82, 2.24) is 19.7 Å².